The Balaban J connectivity index is 1.91. The van der Waals surface area contributed by atoms with E-state index in [9.17, 15) is 5.11 Å². The maximum Gasteiger partial charge on any atom is 0.165 e. The second-order valence-electron chi connectivity index (χ2n) is 4.92. The zero-order valence-electron chi connectivity index (χ0n) is 10.5. The minimum absolute atomic E-state index is 0.0897. The van der Waals surface area contributed by atoms with Crippen molar-refractivity contribution in [2.24, 2.45) is 0 Å². The fourth-order valence-corrected chi connectivity index (χ4v) is 2.71. The molecule has 0 radical (unpaired) electrons. The molecule has 0 amide bonds. The fourth-order valence-electron chi connectivity index (χ4n) is 2.71. The van der Waals surface area contributed by atoms with E-state index in [0.29, 0.717) is 17.2 Å². The number of aromatic hydroxyl groups is 1. The van der Waals surface area contributed by atoms with Crippen LogP contribution in [0.2, 0.25) is 0 Å². The van der Waals surface area contributed by atoms with Gasteiger partial charge in [0.2, 0.25) is 0 Å². The Morgan fingerprint density at radius 3 is 2.28 bits per heavy atom. The minimum Gasteiger partial charge on any atom is -0.504 e. The summed E-state index contributed by atoms with van der Waals surface area (Å²) in [5, 5.41) is 9.76. The van der Waals surface area contributed by atoms with Crippen LogP contribution in [0.15, 0.2) is 12.1 Å². The first-order valence-corrected chi connectivity index (χ1v) is 6.52. The third-order valence-electron chi connectivity index (χ3n) is 3.69. The van der Waals surface area contributed by atoms with Crippen LogP contribution in [0.1, 0.15) is 32.1 Å². The van der Waals surface area contributed by atoms with Crippen LogP contribution in [-0.4, -0.2) is 24.4 Å². The molecule has 3 rings (SSSR count). The third kappa shape index (κ3) is 1.96. The van der Waals surface area contributed by atoms with Crippen molar-refractivity contribution in [2.45, 2.75) is 44.3 Å². The van der Waals surface area contributed by atoms with E-state index >= 15 is 0 Å². The van der Waals surface area contributed by atoms with Crippen LogP contribution in [0, 0.1) is 0 Å². The van der Waals surface area contributed by atoms with Crippen LogP contribution in [0.4, 0.5) is 0 Å². The van der Waals surface area contributed by atoms with E-state index < -0.39 is 0 Å². The molecule has 1 aliphatic carbocycles. The second-order valence-corrected chi connectivity index (χ2v) is 4.92. The van der Waals surface area contributed by atoms with Crippen molar-refractivity contribution in [3.05, 3.63) is 12.1 Å². The third-order valence-corrected chi connectivity index (χ3v) is 3.69. The van der Waals surface area contributed by atoms with Crippen LogP contribution < -0.4 is 14.2 Å². The van der Waals surface area contributed by atoms with E-state index in [1.807, 2.05) is 0 Å². The molecule has 1 aromatic carbocycles. The molecule has 1 saturated carbocycles. The normalized spacial score (nSPS) is 26.1. The van der Waals surface area contributed by atoms with Gasteiger partial charge in [0.1, 0.15) is 12.2 Å². The standard InChI is InChI=1S/C14H18O4/c1-16-12-8-14-13(7-9(12)15)17-10-5-3-2-4-6-11(10)18-14/h7-8,10-11,15H,2-6H2,1H3/t10-,11-/m0/s1. The minimum atomic E-state index is 0.0897. The number of ether oxygens (including phenoxy) is 3. The van der Waals surface area contributed by atoms with E-state index in [0.717, 1.165) is 12.8 Å². The molecule has 1 N–H and O–H groups in total. The highest BCUT2D eigenvalue weighted by Gasteiger charge is 2.33. The summed E-state index contributed by atoms with van der Waals surface area (Å²) < 4.78 is 17.0. The number of hydrogen-bond donors (Lipinski definition) is 1. The summed E-state index contributed by atoms with van der Waals surface area (Å²) in [6.45, 7) is 0. The molecule has 0 saturated heterocycles. The average Bonchev–Trinajstić information content (AvgIpc) is 2.60. The van der Waals surface area contributed by atoms with Gasteiger partial charge in [-0.25, -0.2) is 0 Å². The monoisotopic (exact) mass is 250 g/mol. The number of methoxy groups -OCH3 is 1. The molecule has 4 nitrogen and oxygen atoms in total. The summed E-state index contributed by atoms with van der Waals surface area (Å²) in [4.78, 5) is 0. The molecule has 1 aromatic rings. The van der Waals surface area contributed by atoms with Gasteiger partial charge in [0.05, 0.1) is 7.11 Å². The quantitative estimate of drug-likeness (QED) is 0.832. The Morgan fingerprint density at radius 1 is 1.06 bits per heavy atom. The average molecular weight is 250 g/mol. The largest absolute Gasteiger partial charge is 0.504 e. The first kappa shape index (κ1) is 11.5. The topological polar surface area (TPSA) is 47.9 Å². The highest BCUT2D eigenvalue weighted by atomic mass is 16.6. The summed E-state index contributed by atoms with van der Waals surface area (Å²) in [7, 11) is 1.53. The number of rotatable bonds is 1. The number of phenolic OH excluding ortho intramolecular Hbond substituents is 1. The van der Waals surface area contributed by atoms with Crippen molar-refractivity contribution in [1.82, 2.24) is 0 Å². The van der Waals surface area contributed by atoms with Gasteiger partial charge in [-0.2, -0.15) is 0 Å². The Hall–Kier alpha value is -1.58. The maximum absolute atomic E-state index is 9.76. The molecule has 0 bridgehead atoms. The molecule has 1 heterocycles. The molecule has 0 spiro atoms. The first-order valence-electron chi connectivity index (χ1n) is 6.52. The van der Waals surface area contributed by atoms with Crippen LogP contribution in [0.5, 0.6) is 23.0 Å². The SMILES string of the molecule is COc1cc2c(cc1O)O[C@H]1CCCCC[C@@H]1O2. The second kappa shape index (κ2) is 4.59. The molecule has 2 aliphatic rings. The van der Waals surface area contributed by atoms with E-state index in [1.54, 1.807) is 12.1 Å². The van der Waals surface area contributed by atoms with Crippen molar-refractivity contribution in [3.63, 3.8) is 0 Å². The lowest BCUT2D eigenvalue weighted by Gasteiger charge is -2.33. The lowest BCUT2D eigenvalue weighted by Crippen LogP contribution is -2.38. The van der Waals surface area contributed by atoms with Crippen molar-refractivity contribution >= 4 is 0 Å². The van der Waals surface area contributed by atoms with Crippen LogP contribution in [0.25, 0.3) is 0 Å². The predicted molar refractivity (Wildman–Crippen MR) is 66.6 cm³/mol. The highest BCUT2D eigenvalue weighted by molar-refractivity contribution is 5.54. The first-order chi connectivity index (χ1) is 8.78. The van der Waals surface area contributed by atoms with Gasteiger partial charge in [-0.15, -0.1) is 0 Å². The van der Waals surface area contributed by atoms with Gasteiger partial charge in [-0.1, -0.05) is 6.42 Å². The highest BCUT2D eigenvalue weighted by Crippen LogP contribution is 2.44. The van der Waals surface area contributed by atoms with Crippen molar-refractivity contribution < 1.29 is 19.3 Å². The van der Waals surface area contributed by atoms with E-state index in [4.69, 9.17) is 14.2 Å². The molecule has 18 heavy (non-hydrogen) atoms. The summed E-state index contributed by atoms with van der Waals surface area (Å²) in [6.07, 6.45) is 5.92. The van der Waals surface area contributed by atoms with Gasteiger partial charge >= 0.3 is 0 Å². The Kier molecular flexibility index (Phi) is 2.94. The van der Waals surface area contributed by atoms with Crippen molar-refractivity contribution in [1.29, 1.82) is 0 Å². The number of benzene rings is 1. The van der Waals surface area contributed by atoms with Gasteiger partial charge in [0.25, 0.3) is 0 Å². The lowest BCUT2D eigenvalue weighted by molar-refractivity contribution is 0.0164. The van der Waals surface area contributed by atoms with E-state index in [-0.39, 0.29) is 18.0 Å². The van der Waals surface area contributed by atoms with E-state index in [1.165, 1.54) is 26.4 Å². The van der Waals surface area contributed by atoms with Gasteiger partial charge in [-0.05, 0) is 25.7 Å². The van der Waals surface area contributed by atoms with Gasteiger partial charge in [-0.3, -0.25) is 0 Å². The number of phenols is 1. The zero-order valence-corrected chi connectivity index (χ0v) is 10.5. The molecule has 0 aromatic heterocycles. The molecule has 1 aliphatic heterocycles. The molecular formula is C14H18O4. The Bertz CT molecular complexity index is 444. The van der Waals surface area contributed by atoms with Gasteiger partial charge in [0, 0.05) is 12.1 Å². The summed E-state index contributed by atoms with van der Waals surface area (Å²) in [5.41, 5.74) is 0. The summed E-state index contributed by atoms with van der Waals surface area (Å²) >= 11 is 0. The molecular weight excluding hydrogens is 232 g/mol. The number of fused-ring (bicyclic) bond motifs is 2. The van der Waals surface area contributed by atoms with Crippen molar-refractivity contribution in [3.8, 4) is 23.0 Å². The zero-order chi connectivity index (χ0) is 12.5. The van der Waals surface area contributed by atoms with Gasteiger partial charge < -0.3 is 19.3 Å². The Morgan fingerprint density at radius 2 is 1.67 bits per heavy atom. The molecule has 2 atom stereocenters. The van der Waals surface area contributed by atoms with Crippen LogP contribution in [-0.2, 0) is 0 Å². The predicted octanol–water partition coefficient (Wildman–Crippen LogP) is 2.87. The smallest absolute Gasteiger partial charge is 0.165 e. The molecule has 1 fully saturated rings. The number of hydrogen-bond acceptors (Lipinski definition) is 4. The fraction of sp³-hybridized carbons (Fsp3) is 0.571. The van der Waals surface area contributed by atoms with Crippen LogP contribution >= 0.6 is 0 Å². The maximum atomic E-state index is 9.76. The molecule has 98 valence electrons. The van der Waals surface area contributed by atoms with Gasteiger partial charge in [0.15, 0.2) is 23.0 Å². The van der Waals surface area contributed by atoms with Crippen LogP contribution in [0.3, 0.4) is 0 Å². The van der Waals surface area contributed by atoms with Crippen molar-refractivity contribution in [2.75, 3.05) is 7.11 Å². The van der Waals surface area contributed by atoms with E-state index in [2.05, 4.69) is 0 Å². The molecule has 4 heteroatoms. The Labute approximate surface area is 106 Å². The summed E-state index contributed by atoms with van der Waals surface area (Å²) in [5.74, 6) is 1.81. The lowest BCUT2D eigenvalue weighted by atomic mass is 10.1. The summed E-state index contributed by atoms with van der Waals surface area (Å²) in [6, 6.07) is 3.28. The molecule has 0 unspecified atom stereocenters.